The first-order chi connectivity index (χ1) is 19.6. The Morgan fingerprint density at radius 1 is 0.951 bits per heavy atom. The Morgan fingerprint density at radius 3 is 2.44 bits per heavy atom. The van der Waals surface area contributed by atoms with E-state index in [9.17, 15) is 18.0 Å². The lowest BCUT2D eigenvalue weighted by molar-refractivity contribution is -0.137. The van der Waals surface area contributed by atoms with Gasteiger partial charge in [0.1, 0.15) is 6.61 Å². The van der Waals surface area contributed by atoms with E-state index in [-0.39, 0.29) is 23.4 Å². The zero-order chi connectivity index (χ0) is 29.1. The molecule has 0 saturated heterocycles. The molecule has 41 heavy (non-hydrogen) atoms. The fourth-order valence-electron chi connectivity index (χ4n) is 4.10. The van der Waals surface area contributed by atoms with E-state index in [0.29, 0.717) is 27.1 Å². The summed E-state index contributed by atoms with van der Waals surface area (Å²) in [6.07, 6.45) is -3.19. The van der Waals surface area contributed by atoms with Crippen LogP contribution in [0, 0.1) is 0 Å². The maximum Gasteiger partial charge on any atom is 0.416 e. The second-order valence-corrected chi connectivity index (χ2v) is 10.7. The van der Waals surface area contributed by atoms with Crippen LogP contribution in [-0.4, -0.2) is 23.0 Å². The van der Waals surface area contributed by atoms with Crippen molar-refractivity contribution in [3.8, 4) is 22.9 Å². The van der Waals surface area contributed by atoms with Crippen molar-refractivity contribution in [3.05, 3.63) is 121 Å². The molecule has 0 bridgehead atoms. The second-order valence-electron chi connectivity index (χ2n) is 8.83. The second kappa shape index (κ2) is 11.9. The number of nitrogens with zero attached hydrogens (tertiary/aromatic N) is 3. The fourth-order valence-corrected chi connectivity index (χ4v) is 4.82. The monoisotopic (exact) mass is 685 g/mol. The van der Waals surface area contributed by atoms with Gasteiger partial charge in [-0.15, -0.1) is 0 Å². The van der Waals surface area contributed by atoms with Gasteiger partial charge < -0.3 is 9.47 Å². The fraction of sp³-hybridized carbons (Fsp3) is 0.100. The van der Waals surface area contributed by atoms with Gasteiger partial charge in [-0.05, 0) is 54.1 Å². The van der Waals surface area contributed by atoms with Gasteiger partial charge >= 0.3 is 6.18 Å². The minimum atomic E-state index is -4.57. The quantitative estimate of drug-likeness (QED) is 0.163. The zero-order valence-corrected chi connectivity index (χ0v) is 24.5. The van der Waals surface area contributed by atoms with Crippen LogP contribution in [0.2, 0.25) is 0 Å². The summed E-state index contributed by atoms with van der Waals surface area (Å²) in [6.45, 7) is 0.221. The van der Waals surface area contributed by atoms with Gasteiger partial charge in [0, 0.05) is 20.1 Å². The van der Waals surface area contributed by atoms with Gasteiger partial charge in [0.2, 0.25) is 0 Å². The molecule has 0 radical (unpaired) electrons. The number of methoxy groups -OCH3 is 1. The number of rotatable bonds is 7. The Labute approximate surface area is 249 Å². The van der Waals surface area contributed by atoms with Crippen molar-refractivity contribution < 1.29 is 22.6 Å². The van der Waals surface area contributed by atoms with E-state index in [1.54, 1.807) is 36.4 Å². The van der Waals surface area contributed by atoms with Crippen LogP contribution in [0.15, 0.2) is 104 Å². The summed E-state index contributed by atoms with van der Waals surface area (Å²) in [4.78, 5) is 18.1. The minimum absolute atomic E-state index is 0.0460. The summed E-state index contributed by atoms with van der Waals surface area (Å²) in [5.41, 5.74) is 0.371. The number of hydrogen-bond acceptors (Lipinski definition) is 5. The maximum absolute atomic E-state index is 13.6. The lowest BCUT2D eigenvalue weighted by atomic mass is 10.1. The van der Waals surface area contributed by atoms with E-state index >= 15 is 0 Å². The van der Waals surface area contributed by atoms with Crippen LogP contribution in [0.3, 0.4) is 0 Å². The summed E-state index contributed by atoms with van der Waals surface area (Å²) < 4.78 is 54.7. The molecule has 11 heteroatoms. The molecule has 6 nitrogen and oxygen atoms in total. The largest absolute Gasteiger partial charge is 0.493 e. The van der Waals surface area contributed by atoms with Gasteiger partial charge in [-0.25, -0.2) is 4.98 Å². The molecule has 0 aliphatic carbocycles. The summed E-state index contributed by atoms with van der Waals surface area (Å²) >= 11 is 6.86. The van der Waals surface area contributed by atoms with Crippen molar-refractivity contribution in [2.75, 3.05) is 7.11 Å². The molecule has 0 fully saturated rings. The van der Waals surface area contributed by atoms with E-state index in [0.717, 1.165) is 26.8 Å². The number of ether oxygens (including phenoxy) is 2. The molecule has 0 saturated carbocycles. The molecule has 0 aliphatic rings. The van der Waals surface area contributed by atoms with Crippen molar-refractivity contribution in [3.63, 3.8) is 0 Å². The van der Waals surface area contributed by atoms with Crippen molar-refractivity contribution in [2.24, 2.45) is 5.10 Å². The predicted molar refractivity (Wildman–Crippen MR) is 159 cm³/mol. The molecule has 0 N–H and O–H groups in total. The molecule has 5 rings (SSSR count). The van der Waals surface area contributed by atoms with Crippen LogP contribution in [0.4, 0.5) is 13.2 Å². The van der Waals surface area contributed by atoms with Crippen molar-refractivity contribution in [2.45, 2.75) is 12.8 Å². The molecule has 5 aromatic rings. The molecular formula is C30H20Br2F3N3O3. The van der Waals surface area contributed by atoms with Crippen LogP contribution < -0.4 is 15.0 Å². The van der Waals surface area contributed by atoms with Crippen molar-refractivity contribution >= 4 is 49.0 Å². The number of fused-ring (bicyclic) bond motifs is 1. The maximum atomic E-state index is 13.6. The Balaban J connectivity index is 1.63. The number of para-hydroxylation sites is 1. The Bertz CT molecular complexity index is 1820. The Morgan fingerprint density at radius 2 is 1.71 bits per heavy atom. The van der Waals surface area contributed by atoms with Gasteiger partial charge in [0.15, 0.2) is 17.3 Å². The van der Waals surface area contributed by atoms with Gasteiger partial charge in [-0.3, -0.25) is 4.79 Å². The predicted octanol–water partition coefficient (Wildman–Crippen LogP) is 8.08. The van der Waals surface area contributed by atoms with Crippen LogP contribution in [0.25, 0.3) is 22.3 Å². The molecule has 0 spiro atoms. The summed E-state index contributed by atoms with van der Waals surface area (Å²) in [7, 11) is 1.50. The summed E-state index contributed by atoms with van der Waals surface area (Å²) in [5.74, 6) is 0.736. The molecular weight excluding hydrogens is 667 g/mol. The van der Waals surface area contributed by atoms with Gasteiger partial charge in [-0.1, -0.05) is 68.3 Å². The number of benzene rings is 4. The molecule has 1 heterocycles. The van der Waals surface area contributed by atoms with Crippen LogP contribution in [0.5, 0.6) is 11.5 Å². The van der Waals surface area contributed by atoms with Crippen molar-refractivity contribution in [1.82, 2.24) is 9.66 Å². The van der Waals surface area contributed by atoms with Crippen LogP contribution in [0.1, 0.15) is 16.7 Å². The first-order valence-electron chi connectivity index (χ1n) is 12.1. The molecule has 0 unspecified atom stereocenters. The first-order valence-corrected chi connectivity index (χ1v) is 13.7. The average Bonchev–Trinajstić information content (AvgIpc) is 2.96. The minimum Gasteiger partial charge on any atom is -0.493 e. The number of halogens is 5. The zero-order valence-electron chi connectivity index (χ0n) is 21.3. The third-order valence-electron chi connectivity index (χ3n) is 6.08. The van der Waals surface area contributed by atoms with E-state index in [4.69, 9.17) is 9.47 Å². The van der Waals surface area contributed by atoms with E-state index < -0.39 is 17.3 Å². The highest BCUT2D eigenvalue weighted by Crippen LogP contribution is 2.35. The normalized spacial score (nSPS) is 11.8. The summed E-state index contributed by atoms with van der Waals surface area (Å²) in [5, 5.41) is 4.67. The molecule has 0 aliphatic heterocycles. The molecule has 208 valence electrons. The number of hydrogen-bond donors (Lipinski definition) is 0. The van der Waals surface area contributed by atoms with Crippen molar-refractivity contribution in [1.29, 1.82) is 0 Å². The molecule has 0 amide bonds. The van der Waals surface area contributed by atoms with E-state index in [1.165, 1.54) is 25.5 Å². The summed E-state index contributed by atoms with van der Waals surface area (Å²) in [6, 6.07) is 22.3. The highest BCUT2D eigenvalue weighted by molar-refractivity contribution is 9.10. The molecule has 1 aromatic heterocycles. The lowest BCUT2D eigenvalue weighted by Gasteiger charge is -2.15. The van der Waals surface area contributed by atoms with Crippen LogP contribution >= 0.6 is 31.9 Å². The lowest BCUT2D eigenvalue weighted by Crippen LogP contribution is -2.20. The van der Waals surface area contributed by atoms with Crippen LogP contribution in [-0.2, 0) is 12.8 Å². The highest BCUT2D eigenvalue weighted by atomic mass is 79.9. The van der Waals surface area contributed by atoms with E-state index in [2.05, 4.69) is 41.9 Å². The smallest absolute Gasteiger partial charge is 0.416 e. The third-order valence-corrected chi connectivity index (χ3v) is 7.07. The Hall–Kier alpha value is -3.96. The molecule has 4 aromatic carbocycles. The standard InChI is InChI=1S/C30H20Br2F3N3O3/c1-40-26-15-23(32)14-20(27(26)41-17-18-9-11-22(31)12-10-18)16-36-38-28(19-5-4-6-21(13-19)30(33,34)35)37-25-8-3-2-7-24(25)29(38)39/h2-16H,17H2,1H3. The highest BCUT2D eigenvalue weighted by Gasteiger charge is 2.31. The van der Waals surface area contributed by atoms with E-state index in [1.807, 2.05) is 24.3 Å². The SMILES string of the molecule is COc1cc(Br)cc(C=Nn2c(-c3cccc(C(F)(F)F)c3)nc3ccccc3c2=O)c1OCc1ccc(Br)cc1. The third kappa shape index (κ3) is 6.36. The van der Waals surface area contributed by atoms with Gasteiger partial charge in [0.05, 0.1) is 29.8 Å². The number of aromatic nitrogens is 2. The first kappa shape index (κ1) is 28.6. The Kier molecular flexibility index (Phi) is 8.27. The number of alkyl halides is 3. The molecule has 0 atom stereocenters. The van der Waals surface area contributed by atoms with Gasteiger partial charge in [-0.2, -0.15) is 22.9 Å². The average molecular weight is 687 g/mol. The topological polar surface area (TPSA) is 65.7 Å². The van der Waals surface area contributed by atoms with Gasteiger partial charge in [0.25, 0.3) is 5.56 Å².